The Morgan fingerprint density at radius 2 is 1.96 bits per heavy atom. The van der Waals surface area contributed by atoms with E-state index in [-0.39, 0.29) is 17.9 Å². The molecular formula is C18H21N3O3S. The summed E-state index contributed by atoms with van der Waals surface area (Å²) in [5.74, 6) is 2.73. The summed E-state index contributed by atoms with van der Waals surface area (Å²) >= 11 is 1.63. The van der Waals surface area contributed by atoms with Crippen LogP contribution in [0.25, 0.3) is 10.6 Å². The highest BCUT2D eigenvalue weighted by atomic mass is 32.1. The van der Waals surface area contributed by atoms with Gasteiger partial charge >= 0.3 is 0 Å². The van der Waals surface area contributed by atoms with Gasteiger partial charge in [-0.25, -0.2) is 0 Å². The number of aryl methyl sites for hydroxylation is 1. The summed E-state index contributed by atoms with van der Waals surface area (Å²) in [5.41, 5.74) is 0. The number of aromatic nitrogens is 2. The zero-order valence-corrected chi connectivity index (χ0v) is 15.3. The number of nitrogens with one attached hydrogen (secondary N) is 1. The summed E-state index contributed by atoms with van der Waals surface area (Å²) in [6.07, 6.45) is 0.887. The lowest BCUT2D eigenvalue weighted by atomic mass is 10.2. The molecule has 132 valence electrons. The Morgan fingerprint density at radius 1 is 1.16 bits per heavy atom. The van der Waals surface area contributed by atoms with E-state index in [1.807, 2.05) is 50.4 Å². The van der Waals surface area contributed by atoms with E-state index in [0.717, 1.165) is 16.4 Å². The lowest BCUT2D eigenvalue weighted by Crippen LogP contribution is -2.27. The zero-order chi connectivity index (χ0) is 17.8. The average molecular weight is 359 g/mol. The Balaban J connectivity index is 1.50. The minimum atomic E-state index is -0.314. The lowest BCUT2D eigenvalue weighted by Gasteiger charge is -2.09. The molecule has 6 nitrogen and oxygen atoms in total. The van der Waals surface area contributed by atoms with E-state index >= 15 is 0 Å². The van der Waals surface area contributed by atoms with Crippen LogP contribution in [0.15, 0.2) is 38.5 Å². The highest BCUT2D eigenvalue weighted by molar-refractivity contribution is 7.13. The lowest BCUT2D eigenvalue weighted by molar-refractivity contribution is -0.121. The van der Waals surface area contributed by atoms with Crippen LogP contribution in [0.5, 0.6) is 0 Å². The van der Waals surface area contributed by atoms with Crippen LogP contribution in [0.2, 0.25) is 0 Å². The molecule has 0 aliphatic carbocycles. The fourth-order valence-corrected chi connectivity index (χ4v) is 3.02. The van der Waals surface area contributed by atoms with E-state index < -0.39 is 0 Å². The van der Waals surface area contributed by atoms with Gasteiger partial charge in [0.25, 0.3) is 0 Å². The van der Waals surface area contributed by atoms with Gasteiger partial charge in [0.1, 0.15) is 17.6 Å². The van der Waals surface area contributed by atoms with Gasteiger partial charge in [-0.2, -0.15) is 0 Å². The van der Waals surface area contributed by atoms with Crippen molar-refractivity contribution in [2.75, 3.05) is 0 Å². The first-order chi connectivity index (χ1) is 12.0. The van der Waals surface area contributed by atoms with E-state index in [2.05, 4.69) is 15.5 Å². The van der Waals surface area contributed by atoms with Crippen molar-refractivity contribution in [3.8, 4) is 10.6 Å². The molecule has 25 heavy (non-hydrogen) atoms. The van der Waals surface area contributed by atoms with Crippen molar-refractivity contribution in [3.63, 3.8) is 0 Å². The molecule has 0 aliphatic rings. The van der Waals surface area contributed by atoms with Crippen LogP contribution in [0.4, 0.5) is 0 Å². The fourth-order valence-electron chi connectivity index (χ4n) is 2.33. The van der Waals surface area contributed by atoms with Crippen LogP contribution in [0, 0.1) is 0 Å². The number of hydrogen-bond acceptors (Lipinski definition) is 6. The summed E-state index contributed by atoms with van der Waals surface area (Å²) in [5, 5.41) is 12.9. The smallest absolute Gasteiger partial charge is 0.238 e. The number of rotatable bonds is 7. The molecule has 7 heteroatoms. The summed E-state index contributed by atoms with van der Waals surface area (Å²) in [7, 11) is 0. The number of thiophene rings is 1. The molecule has 3 heterocycles. The maximum absolute atomic E-state index is 12.1. The molecule has 0 spiro atoms. The molecule has 1 amide bonds. The minimum Gasteiger partial charge on any atom is -0.460 e. The third-order valence-corrected chi connectivity index (χ3v) is 4.61. The van der Waals surface area contributed by atoms with Gasteiger partial charge in [0, 0.05) is 18.8 Å². The van der Waals surface area contributed by atoms with Crippen molar-refractivity contribution in [1.82, 2.24) is 15.5 Å². The van der Waals surface area contributed by atoms with E-state index in [0.29, 0.717) is 24.6 Å². The van der Waals surface area contributed by atoms with E-state index in [9.17, 15) is 4.79 Å². The molecular weight excluding hydrogens is 338 g/mol. The molecule has 0 fully saturated rings. The first kappa shape index (κ1) is 17.4. The molecule has 0 radical (unpaired) electrons. The molecule has 0 saturated heterocycles. The second-order valence-corrected chi connectivity index (χ2v) is 7.11. The van der Waals surface area contributed by atoms with Gasteiger partial charge in [-0.3, -0.25) is 4.79 Å². The Hall–Kier alpha value is -2.41. The van der Waals surface area contributed by atoms with Crippen molar-refractivity contribution in [2.45, 2.75) is 45.6 Å². The summed E-state index contributed by atoms with van der Waals surface area (Å²) in [6, 6.07) is 7.54. The summed E-state index contributed by atoms with van der Waals surface area (Å²) in [6.45, 7) is 5.79. The molecule has 3 aromatic heterocycles. The van der Waals surface area contributed by atoms with Crippen LogP contribution in [0.3, 0.4) is 0 Å². The third-order valence-electron chi connectivity index (χ3n) is 3.72. The average Bonchev–Trinajstić information content (AvgIpc) is 3.33. The van der Waals surface area contributed by atoms with E-state index in [1.54, 1.807) is 11.3 Å². The van der Waals surface area contributed by atoms with Gasteiger partial charge < -0.3 is 14.2 Å². The Bertz CT molecular complexity index is 820. The number of furan rings is 1. The normalized spacial score (nSPS) is 12.5. The SMILES string of the molecule is CC(C)c1nnc([C@H](C)NC(=O)CCc2ccc(-c3cccs3)o2)o1. The molecule has 0 aromatic carbocycles. The van der Waals surface area contributed by atoms with Crippen LogP contribution >= 0.6 is 11.3 Å². The summed E-state index contributed by atoms with van der Waals surface area (Å²) < 4.78 is 11.3. The van der Waals surface area contributed by atoms with Crippen LogP contribution in [-0.4, -0.2) is 16.1 Å². The monoisotopic (exact) mass is 359 g/mol. The van der Waals surface area contributed by atoms with Crippen LogP contribution in [-0.2, 0) is 11.2 Å². The van der Waals surface area contributed by atoms with Crippen LogP contribution < -0.4 is 5.32 Å². The van der Waals surface area contributed by atoms with Crippen molar-refractivity contribution in [1.29, 1.82) is 0 Å². The Labute approximate surface area is 150 Å². The maximum atomic E-state index is 12.1. The molecule has 0 unspecified atom stereocenters. The number of nitrogens with zero attached hydrogens (tertiary/aromatic N) is 2. The Kier molecular flexibility index (Phi) is 5.33. The number of carbonyl (C=O) groups is 1. The first-order valence-electron chi connectivity index (χ1n) is 8.28. The second kappa shape index (κ2) is 7.65. The first-order valence-corrected chi connectivity index (χ1v) is 9.16. The third kappa shape index (κ3) is 4.36. The minimum absolute atomic E-state index is 0.0779. The predicted molar refractivity (Wildman–Crippen MR) is 95.3 cm³/mol. The molecule has 0 bridgehead atoms. The number of amides is 1. The van der Waals surface area contributed by atoms with Crippen molar-refractivity contribution in [3.05, 3.63) is 47.2 Å². The number of carbonyl (C=O) groups excluding carboxylic acids is 1. The zero-order valence-electron chi connectivity index (χ0n) is 14.5. The molecule has 1 atom stereocenters. The standard InChI is InChI=1S/C18H21N3O3S/c1-11(2)17-20-21-18(24-17)12(3)19-16(22)9-7-13-6-8-14(23-13)15-5-4-10-25-15/h4-6,8,10-12H,7,9H2,1-3H3,(H,19,22)/t12-/m0/s1. The van der Waals surface area contributed by atoms with Gasteiger partial charge in [-0.1, -0.05) is 19.9 Å². The fraction of sp³-hybridized carbons (Fsp3) is 0.389. The van der Waals surface area contributed by atoms with Crippen molar-refractivity contribution < 1.29 is 13.6 Å². The van der Waals surface area contributed by atoms with E-state index in [4.69, 9.17) is 8.83 Å². The molecule has 0 aliphatic heterocycles. The quantitative estimate of drug-likeness (QED) is 0.679. The topological polar surface area (TPSA) is 81.2 Å². The van der Waals surface area contributed by atoms with Gasteiger partial charge in [-0.15, -0.1) is 21.5 Å². The van der Waals surface area contributed by atoms with Gasteiger partial charge in [0.05, 0.1) is 4.88 Å². The Morgan fingerprint density at radius 3 is 2.64 bits per heavy atom. The van der Waals surface area contributed by atoms with Crippen molar-refractivity contribution in [2.24, 2.45) is 0 Å². The van der Waals surface area contributed by atoms with Gasteiger partial charge in [0.2, 0.25) is 17.7 Å². The van der Waals surface area contributed by atoms with Crippen molar-refractivity contribution >= 4 is 17.2 Å². The van der Waals surface area contributed by atoms with Gasteiger partial charge in [0.15, 0.2) is 0 Å². The molecule has 1 N–H and O–H groups in total. The van der Waals surface area contributed by atoms with Crippen LogP contribution in [0.1, 0.15) is 56.7 Å². The molecule has 3 aromatic rings. The predicted octanol–water partition coefficient (Wildman–Crippen LogP) is 4.32. The second-order valence-electron chi connectivity index (χ2n) is 6.17. The van der Waals surface area contributed by atoms with Gasteiger partial charge in [-0.05, 0) is 30.5 Å². The largest absolute Gasteiger partial charge is 0.460 e. The highest BCUT2D eigenvalue weighted by Gasteiger charge is 2.18. The maximum Gasteiger partial charge on any atom is 0.238 e. The summed E-state index contributed by atoms with van der Waals surface area (Å²) in [4.78, 5) is 13.2. The molecule has 3 rings (SSSR count). The molecule has 0 saturated carbocycles. The highest BCUT2D eigenvalue weighted by Crippen LogP contribution is 2.27. The number of hydrogen-bond donors (Lipinski definition) is 1. The van der Waals surface area contributed by atoms with E-state index in [1.165, 1.54) is 0 Å².